The van der Waals surface area contributed by atoms with E-state index in [1.807, 2.05) is 13.8 Å². The van der Waals surface area contributed by atoms with Crippen LogP contribution in [0.15, 0.2) is 0 Å². The van der Waals surface area contributed by atoms with Gasteiger partial charge >= 0.3 is 0 Å². The van der Waals surface area contributed by atoms with Crippen LogP contribution in [0, 0.1) is 22.7 Å². The van der Waals surface area contributed by atoms with Crippen LogP contribution in [-0.2, 0) is 0 Å². The Labute approximate surface area is 75.0 Å². The molecule has 68 valence electrons. The number of nitrogens with zero attached hydrogens (tertiary/aromatic N) is 1. The average molecular weight is 166 g/mol. The molecule has 0 spiro atoms. The predicted octanol–water partition coefficient (Wildman–Crippen LogP) is 1.93. The van der Waals surface area contributed by atoms with Crippen LogP contribution in [0.1, 0.15) is 33.1 Å². The lowest BCUT2D eigenvalue weighted by atomic mass is 9.85. The van der Waals surface area contributed by atoms with E-state index in [9.17, 15) is 0 Å². The zero-order valence-electron chi connectivity index (χ0n) is 8.06. The largest absolute Gasteiger partial charge is 0.315 e. The van der Waals surface area contributed by atoms with E-state index in [0.717, 1.165) is 19.0 Å². The van der Waals surface area contributed by atoms with Gasteiger partial charge in [0, 0.05) is 6.54 Å². The summed E-state index contributed by atoms with van der Waals surface area (Å²) in [7, 11) is 0. The molecule has 0 heterocycles. The summed E-state index contributed by atoms with van der Waals surface area (Å²) in [4.78, 5) is 0. The van der Waals surface area contributed by atoms with E-state index in [4.69, 9.17) is 5.26 Å². The van der Waals surface area contributed by atoms with E-state index < -0.39 is 0 Å². The van der Waals surface area contributed by atoms with Gasteiger partial charge in [0.1, 0.15) is 0 Å². The van der Waals surface area contributed by atoms with Crippen LogP contribution in [0.4, 0.5) is 0 Å². The lowest BCUT2D eigenvalue weighted by molar-refractivity contribution is 0.289. The quantitative estimate of drug-likeness (QED) is 0.692. The fourth-order valence-corrected chi connectivity index (χ4v) is 1.33. The second-order valence-corrected chi connectivity index (χ2v) is 4.42. The summed E-state index contributed by atoms with van der Waals surface area (Å²) in [5, 5.41) is 12.1. The molecule has 0 radical (unpaired) electrons. The highest BCUT2D eigenvalue weighted by Crippen LogP contribution is 2.25. The van der Waals surface area contributed by atoms with Crippen molar-refractivity contribution in [2.75, 3.05) is 13.1 Å². The van der Waals surface area contributed by atoms with Crippen LogP contribution < -0.4 is 5.32 Å². The van der Waals surface area contributed by atoms with Gasteiger partial charge in [-0.15, -0.1) is 0 Å². The maximum Gasteiger partial charge on any atom is 0.0697 e. The average Bonchev–Trinajstić information content (AvgIpc) is 1.95. The standard InChI is InChI=1S/C10H18N2/c1-10(2,7-11)8-12-6-9-4-3-5-9/h9,12H,3-6,8H2,1-2H3. The molecule has 1 aliphatic carbocycles. The number of nitriles is 1. The molecular weight excluding hydrogens is 148 g/mol. The number of rotatable bonds is 4. The van der Waals surface area contributed by atoms with Crippen molar-refractivity contribution in [1.82, 2.24) is 5.32 Å². The molecule has 1 fully saturated rings. The molecule has 2 heteroatoms. The Bertz CT molecular complexity index is 175. The Morgan fingerprint density at radius 1 is 1.50 bits per heavy atom. The summed E-state index contributed by atoms with van der Waals surface area (Å²) in [6.45, 7) is 5.87. The summed E-state index contributed by atoms with van der Waals surface area (Å²) < 4.78 is 0. The molecule has 2 nitrogen and oxygen atoms in total. The lowest BCUT2D eigenvalue weighted by Crippen LogP contribution is -2.34. The van der Waals surface area contributed by atoms with Crippen LogP contribution in [-0.4, -0.2) is 13.1 Å². The molecule has 0 aliphatic heterocycles. The Morgan fingerprint density at radius 3 is 2.58 bits per heavy atom. The zero-order valence-corrected chi connectivity index (χ0v) is 8.06. The van der Waals surface area contributed by atoms with Crippen LogP contribution in [0.25, 0.3) is 0 Å². The van der Waals surface area contributed by atoms with Crippen LogP contribution in [0.5, 0.6) is 0 Å². The van der Waals surface area contributed by atoms with E-state index in [2.05, 4.69) is 11.4 Å². The van der Waals surface area contributed by atoms with Crippen molar-refractivity contribution >= 4 is 0 Å². The first kappa shape index (κ1) is 9.54. The Kier molecular flexibility index (Phi) is 3.11. The molecule has 1 aliphatic rings. The van der Waals surface area contributed by atoms with Crippen LogP contribution in [0.3, 0.4) is 0 Å². The number of hydrogen-bond donors (Lipinski definition) is 1. The minimum Gasteiger partial charge on any atom is -0.315 e. The maximum absolute atomic E-state index is 8.74. The molecule has 0 atom stereocenters. The van der Waals surface area contributed by atoms with Crippen molar-refractivity contribution in [3.8, 4) is 6.07 Å². The van der Waals surface area contributed by atoms with Gasteiger partial charge in [-0.25, -0.2) is 0 Å². The summed E-state index contributed by atoms with van der Waals surface area (Å²) in [6.07, 6.45) is 4.15. The van der Waals surface area contributed by atoms with Crippen molar-refractivity contribution in [3.63, 3.8) is 0 Å². The van der Waals surface area contributed by atoms with Gasteiger partial charge < -0.3 is 5.32 Å². The Hall–Kier alpha value is -0.550. The number of hydrogen-bond acceptors (Lipinski definition) is 2. The summed E-state index contributed by atoms with van der Waals surface area (Å²) in [5.41, 5.74) is -0.205. The van der Waals surface area contributed by atoms with Crippen LogP contribution in [0.2, 0.25) is 0 Å². The molecule has 1 saturated carbocycles. The van der Waals surface area contributed by atoms with E-state index in [1.54, 1.807) is 0 Å². The van der Waals surface area contributed by atoms with Crippen molar-refractivity contribution in [3.05, 3.63) is 0 Å². The van der Waals surface area contributed by atoms with Gasteiger partial charge in [-0.05, 0) is 39.2 Å². The SMILES string of the molecule is CC(C)(C#N)CNCC1CCC1. The normalized spacial score (nSPS) is 18.4. The zero-order chi connectivity index (χ0) is 9.03. The molecular formula is C10H18N2. The predicted molar refractivity (Wildman–Crippen MR) is 49.6 cm³/mol. The van der Waals surface area contributed by atoms with E-state index >= 15 is 0 Å². The molecule has 1 rings (SSSR count). The highest BCUT2D eigenvalue weighted by molar-refractivity contribution is 4.93. The monoisotopic (exact) mass is 166 g/mol. The first-order valence-electron chi connectivity index (χ1n) is 4.76. The van der Waals surface area contributed by atoms with Crippen molar-refractivity contribution in [1.29, 1.82) is 5.26 Å². The third-order valence-electron chi connectivity index (χ3n) is 2.53. The smallest absolute Gasteiger partial charge is 0.0697 e. The summed E-state index contributed by atoms with van der Waals surface area (Å²) in [5.74, 6) is 0.888. The van der Waals surface area contributed by atoms with Crippen LogP contribution >= 0.6 is 0 Å². The third kappa shape index (κ3) is 2.83. The first-order chi connectivity index (χ1) is 5.64. The molecule has 1 N–H and O–H groups in total. The summed E-state index contributed by atoms with van der Waals surface area (Å²) >= 11 is 0. The number of nitrogens with one attached hydrogen (secondary N) is 1. The van der Waals surface area contributed by atoms with E-state index in [0.29, 0.717) is 0 Å². The van der Waals surface area contributed by atoms with Gasteiger partial charge in [-0.3, -0.25) is 0 Å². The molecule has 0 saturated heterocycles. The fourth-order valence-electron chi connectivity index (χ4n) is 1.33. The first-order valence-corrected chi connectivity index (χ1v) is 4.76. The lowest BCUT2D eigenvalue weighted by Gasteiger charge is -2.27. The Morgan fingerprint density at radius 2 is 2.17 bits per heavy atom. The minimum atomic E-state index is -0.205. The van der Waals surface area contributed by atoms with Crippen molar-refractivity contribution in [2.45, 2.75) is 33.1 Å². The third-order valence-corrected chi connectivity index (χ3v) is 2.53. The fraction of sp³-hybridized carbons (Fsp3) is 0.900. The van der Waals surface area contributed by atoms with Gasteiger partial charge in [-0.2, -0.15) is 5.26 Å². The highest BCUT2D eigenvalue weighted by Gasteiger charge is 2.19. The molecule has 0 bridgehead atoms. The molecule has 0 aromatic rings. The second kappa shape index (κ2) is 3.91. The van der Waals surface area contributed by atoms with Gasteiger partial charge in [0.05, 0.1) is 11.5 Å². The minimum absolute atomic E-state index is 0.205. The van der Waals surface area contributed by atoms with Crippen molar-refractivity contribution < 1.29 is 0 Å². The molecule has 0 aromatic heterocycles. The molecule has 0 unspecified atom stereocenters. The summed E-state index contributed by atoms with van der Waals surface area (Å²) in [6, 6.07) is 2.29. The second-order valence-electron chi connectivity index (χ2n) is 4.42. The highest BCUT2D eigenvalue weighted by atomic mass is 14.9. The Balaban J connectivity index is 2.05. The molecule has 0 aromatic carbocycles. The van der Waals surface area contributed by atoms with Gasteiger partial charge in [0.25, 0.3) is 0 Å². The topological polar surface area (TPSA) is 35.8 Å². The molecule has 0 amide bonds. The molecule has 12 heavy (non-hydrogen) atoms. The van der Waals surface area contributed by atoms with Crippen molar-refractivity contribution in [2.24, 2.45) is 11.3 Å². The van der Waals surface area contributed by atoms with Gasteiger partial charge in [0.15, 0.2) is 0 Å². The maximum atomic E-state index is 8.74. The van der Waals surface area contributed by atoms with Gasteiger partial charge in [-0.1, -0.05) is 6.42 Å². The van der Waals surface area contributed by atoms with Gasteiger partial charge in [0.2, 0.25) is 0 Å². The van der Waals surface area contributed by atoms with E-state index in [-0.39, 0.29) is 5.41 Å². The van der Waals surface area contributed by atoms with E-state index in [1.165, 1.54) is 19.3 Å².